The summed E-state index contributed by atoms with van der Waals surface area (Å²) in [5.41, 5.74) is 0. The largest absolute Gasteiger partial charge is 0.435 e. The molecule has 0 aromatic heterocycles. The molecule has 0 aliphatic carbocycles. The summed E-state index contributed by atoms with van der Waals surface area (Å²) >= 11 is 0. The average Bonchev–Trinajstić information content (AvgIpc) is 2.75. The van der Waals surface area contributed by atoms with E-state index in [2.05, 4.69) is 0 Å². The highest BCUT2D eigenvalue weighted by atomic mass is 16.7. The van der Waals surface area contributed by atoms with Crippen LogP contribution in [0.4, 0.5) is 0 Å². The van der Waals surface area contributed by atoms with Crippen LogP contribution in [0.5, 0.6) is 0 Å². The summed E-state index contributed by atoms with van der Waals surface area (Å²) in [6.45, 7) is 2.53. The number of ether oxygens (including phenoxy) is 4. The first-order valence-corrected chi connectivity index (χ1v) is 6.37. The second-order valence-corrected chi connectivity index (χ2v) is 5.41. The van der Waals surface area contributed by atoms with E-state index in [1.807, 2.05) is 6.92 Å². The van der Waals surface area contributed by atoms with Gasteiger partial charge in [-0.05, 0) is 19.8 Å². The Bertz CT molecular complexity index is 357. The lowest BCUT2D eigenvalue weighted by atomic mass is 9.81. The maximum absolute atomic E-state index is 11.8. The SMILES string of the molecule is CC1O[C@H]1CO[C@H]1OC(=O)[C@H]2[C@@H]1[C@@H]1CC[C@H]2O1. The van der Waals surface area contributed by atoms with Crippen molar-refractivity contribution < 1.29 is 23.7 Å². The lowest BCUT2D eigenvalue weighted by Gasteiger charge is -2.21. The van der Waals surface area contributed by atoms with Crippen LogP contribution in [-0.4, -0.2) is 43.3 Å². The fourth-order valence-corrected chi connectivity index (χ4v) is 3.38. The van der Waals surface area contributed by atoms with Gasteiger partial charge in [0.2, 0.25) is 6.29 Å². The van der Waals surface area contributed by atoms with Crippen molar-refractivity contribution in [2.75, 3.05) is 6.61 Å². The van der Waals surface area contributed by atoms with E-state index in [0.717, 1.165) is 12.8 Å². The lowest BCUT2D eigenvalue weighted by Crippen LogP contribution is -2.33. The highest BCUT2D eigenvalue weighted by Gasteiger charge is 2.61. The number of epoxide rings is 1. The molecule has 2 bridgehead atoms. The molecule has 17 heavy (non-hydrogen) atoms. The van der Waals surface area contributed by atoms with Gasteiger partial charge in [0.15, 0.2) is 0 Å². The zero-order valence-corrected chi connectivity index (χ0v) is 9.70. The van der Waals surface area contributed by atoms with Crippen molar-refractivity contribution in [1.82, 2.24) is 0 Å². The summed E-state index contributed by atoms with van der Waals surface area (Å²) in [6, 6.07) is 0. The molecule has 1 unspecified atom stereocenters. The number of carbonyl (C=O) groups excluding carboxylic acids is 1. The van der Waals surface area contributed by atoms with Crippen LogP contribution >= 0.6 is 0 Å². The van der Waals surface area contributed by atoms with Crippen molar-refractivity contribution in [3.8, 4) is 0 Å². The third-order valence-corrected chi connectivity index (χ3v) is 4.41. The monoisotopic (exact) mass is 240 g/mol. The van der Waals surface area contributed by atoms with Gasteiger partial charge < -0.3 is 18.9 Å². The number of esters is 1. The van der Waals surface area contributed by atoms with Crippen LogP contribution in [0.15, 0.2) is 0 Å². The van der Waals surface area contributed by atoms with Crippen molar-refractivity contribution in [1.29, 1.82) is 0 Å². The molecule has 4 aliphatic rings. The molecule has 4 saturated heterocycles. The Kier molecular flexibility index (Phi) is 2.08. The highest BCUT2D eigenvalue weighted by Crippen LogP contribution is 2.50. The number of carbonyl (C=O) groups is 1. The minimum absolute atomic E-state index is 0.0715. The maximum atomic E-state index is 11.8. The summed E-state index contributed by atoms with van der Waals surface area (Å²) in [5.74, 6) is -0.122. The molecule has 4 fully saturated rings. The lowest BCUT2D eigenvalue weighted by molar-refractivity contribution is -0.175. The van der Waals surface area contributed by atoms with E-state index in [-0.39, 0.29) is 42.2 Å². The predicted molar refractivity (Wildman–Crippen MR) is 55.0 cm³/mol. The first kappa shape index (κ1) is 10.3. The van der Waals surface area contributed by atoms with Crippen molar-refractivity contribution in [2.45, 2.75) is 50.5 Å². The summed E-state index contributed by atoms with van der Waals surface area (Å²) in [5, 5.41) is 0. The normalized spacial score (nSPS) is 54.9. The van der Waals surface area contributed by atoms with Crippen LogP contribution in [0.3, 0.4) is 0 Å². The smallest absolute Gasteiger partial charge is 0.314 e. The van der Waals surface area contributed by atoms with Gasteiger partial charge in [0.1, 0.15) is 6.10 Å². The predicted octanol–water partition coefficient (Wildman–Crippen LogP) is 0.467. The van der Waals surface area contributed by atoms with Gasteiger partial charge in [-0.2, -0.15) is 0 Å². The fourth-order valence-electron chi connectivity index (χ4n) is 3.38. The van der Waals surface area contributed by atoms with Crippen LogP contribution < -0.4 is 0 Å². The Morgan fingerprint density at radius 2 is 2.06 bits per heavy atom. The van der Waals surface area contributed by atoms with Gasteiger partial charge >= 0.3 is 5.97 Å². The van der Waals surface area contributed by atoms with Crippen molar-refractivity contribution in [2.24, 2.45) is 11.8 Å². The van der Waals surface area contributed by atoms with E-state index in [9.17, 15) is 4.79 Å². The number of cyclic esters (lactones) is 1. The molecule has 0 spiro atoms. The number of rotatable bonds is 3. The molecule has 5 heteroatoms. The summed E-state index contributed by atoms with van der Waals surface area (Å²) in [4.78, 5) is 11.8. The molecule has 4 rings (SSSR count). The number of hydrogen-bond acceptors (Lipinski definition) is 5. The van der Waals surface area contributed by atoms with Crippen molar-refractivity contribution >= 4 is 5.97 Å². The molecule has 0 aromatic carbocycles. The Balaban J connectivity index is 1.44. The standard InChI is InChI=1S/C12H16O5/c1-5-8(15-5)4-14-12-10-7-3-2-6(16-7)9(10)11(13)17-12/h5-10,12H,2-4H2,1H3/t5?,6-,7+,8+,9-,10+,12+/m1/s1. The van der Waals surface area contributed by atoms with Crippen LogP contribution in [0, 0.1) is 11.8 Å². The van der Waals surface area contributed by atoms with Gasteiger partial charge in [-0.15, -0.1) is 0 Å². The van der Waals surface area contributed by atoms with Crippen LogP contribution in [0.1, 0.15) is 19.8 Å². The molecule has 0 N–H and O–H groups in total. The van der Waals surface area contributed by atoms with Gasteiger partial charge in [0.25, 0.3) is 0 Å². The first-order chi connectivity index (χ1) is 8.24. The molecule has 7 atom stereocenters. The summed E-state index contributed by atoms with van der Waals surface area (Å²) in [6.07, 6.45) is 2.27. The number of hydrogen-bond donors (Lipinski definition) is 0. The zero-order valence-electron chi connectivity index (χ0n) is 9.70. The van der Waals surface area contributed by atoms with Gasteiger partial charge in [0, 0.05) is 0 Å². The van der Waals surface area contributed by atoms with Gasteiger partial charge in [0.05, 0.1) is 36.8 Å². The molecule has 4 aliphatic heterocycles. The van der Waals surface area contributed by atoms with Crippen molar-refractivity contribution in [3.63, 3.8) is 0 Å². The van der Waals surface area contributed by atoms with Gasteiger partial charge in [-0.1, -0.05) is 0 Å². The minimum atomic E-state index is -0.417. The zero-order chi connectivity index (χ0) is 11.6. The minimum Gasteiger partial charge on any atom is -0.435 e. The van der Waals surface area contributed by atoms with E-state index >= 15 is 0 Å². The molecule has 5 nitrogen and oxygen atoms in total. The molecule has 4 heterocycles. The van der Waals surface area contributed by atoms with E-state index < -0.39 is 6.29 Å². The van der Waals surface area contributed by atoms with E-state index in [1.54, 1.807) is 0 Å². The summed E-state index contributed by atoms with van der Waals surface area (Å²) in [7, 11) is 0. The maximum Gasteiger partial charge on any atom is 0.314 e. The molecule has 0 amide bonds. The van der Waals surface area contributed by atoms with Crippen LogP contribution in [-0.2, 0) is 23.7 Å². The third kappa shape index (κ3) is 1.46. The summed E-state index contributed by atoms with van der Waals surface area (Å²) < 4.78 is 22.1. The molecule has 0 radical (unpaired) electrons. The van der Waals surface area contributed by atoms with E-state index in [4.69, 9.17) is 18.9 Å². The quantitative estimate of drug-likeness (QED) is 0.530. The van der Waals surface area contributed by atoms with Crippen molar-refractivity contribution in [3.05, 3.63) is 0 Å². The number of fused-ring (bicyclic) bond motifs is 5. The van der Waals surface area contributed by atoms with Crippen LogP contribution in [0.2, 0.25) is 0 Å². The Morgan fingerprint density at radius 3 is 2.82 bits per heavy atom. The average molecular weight is 240 g/mol. The Hall–Kier alpha value is -0.650. The first-order valence-electron chi connectivity index (χ1n) is 6.37. The Morgan fingerprint density at radius 1 is 1.29 bits per heavy atom. The fraction of sp³-hybridized carbons (Fsp3) is 0.917. The third-order valence-electron chi connectivity index (χ3n) is 4.41. The molecule has 94 valence electrons. The Labute approximate surface area is 99.3 Å². The van der Waals surface area contributed by atoms with E-state index in [1.165, 1.54) is 0 Å². The molecule has 0 saturated carbocycles. The second kappa shape index (κ2) is 3.43. The van der Waals surface area contributed by atoms with Gasteiger partial charge in [-0.3, -0.25) is 4.79 Å². The molecule has 0 aromatic rings. The van der Waals surface area contributed by atoms with Gasteiger partial charge in [-0.25, -0.2) is 0 Å². The van der Waals surface area contributed by atoms with E-state index in [0.29, 0.717) is 6.61 Å². The van der Waals surface area contributed by atoms with Crippen LogP contribution in [0.25, 0.3) is 0 Å². The second-order valence-electron chi connectivity index (χ2n) is 5.41. The molecular formula is C12H16O5. The highest BCUT2D eigenvalue weighted by molar-refractivity contribution is 5.76. The topological polar surface area (TPSA) is 57.3 Å². The molecular weight excluding hydrogens is 224 g/mol.